The molecule has 1 aliphatic heterocycles. The van der Waals surface area contributed by atoms with Gasteiger partial charge in [0, 0.05) is 18.8 Å². The Hall–Kier alpha value is -0.910. The number of urea groups is 1. The van der Waals surface area contributed by atoms with Crippen LogP contribution in [0.4, 0.5) is 4.79 Å². The summed E-state index contributed by atoms with van der Waals surface area (Å²) >= 11 is 1.85. The van der Waals surface area contributed by atoms with E-state index in [0.29, 0.717) is 25.3 Å². The fourth-order valence-electron chi connectivity index (χ4n) is 3.15. The van der Waals surface area contributed by atoms with E-state index in [4.69, 9.17) is 0 Å². The maximum Gasteiger partial charge on any atom is 0.329 e. The SMILES string of the molecule is CC1CCCC(NC(=O)N2CCCSCC2)(C(=O)O)C1. The van der Waals surface area contributed by atoms with Crippen LogP contribution < -0.4 is 5.32 Å². The Morgan fingerprint density at radius 2 is 2.10 bits per heavy atom. The normalized spacial score (nSPS) is 31.4. The number of amides is 2. The van der Waals surface area contributed by atoms with E-state index in [2.05, 4.69) is 12.2 Å². The van der Waals surface area contributed by atoms with Crippen LogP contribution in [0.5, 0.6) is 0 Å². The van der Waals surface area contributed by atoms with Crippen LogP contribution >= 0.6 is 11.8 Å². The Balaban J connectivity index is 2.03. The van der Waals surface area contributed by atoms with Gasteiger partial charge in [-0.1, -0.05) is 19.8 Å². The van der Waals surface area contributed by atoms with Gasteiger partial charge in [0.2, 0.25) is 0 Å². The Bertz CT molecular complexity index is 369. The summed E-state index contributed by atoms with van der Waals surface area (Å²) in [5.41, 5.74) is -1.06. The molecule has 2 rings (SSSR count). The minimum absolute atomic E-state index is 0.205. The number of nitrogens with zero attached hydrogens (tertiary/aromatic N) is 1. The number of thioether (sulfide) groups is 1. The van der Waals surface area contributed by atoms with Crippen LogP contribution in [0.15, 0.2) is 0 Å². The van der Waals surface area contributed by atoms with E-state index in [-0.39, 0.29) is 6.03 Å². The summed E-state index contributed by atoms with van der Waals surface area (Å²) in [5.74, 6) is 1.47. The highest BCUT2D eigenvalue weighted by Gasteiger charge is 2.43. The summed E-state index contributed by atoms with van der Waals surface area (Å²) in [6.07, 6.45) is 3.97. The van der Waals surface area contributed by atoms with Gasteiger partial charge in [-0.3, -0.25) is 0 Å². The zero-order valence-corrected chi connectivity index (χ0v) is 12.9. The van der Waals surface area contributed by atoms with Crippen molar-refractivity contribution in [2.24, 2.45) is 5.92 Å². The van der Waals surface area contributed by atoms with E-state index in [0.717, 1.165) is 37.3 Å². The quantitative estimate of drug-likeness (QED) is 0.820. The van der Waals surface area contributed by atoms with Crippen molar-refractivity contribution >= 4 is 23.8 Å². The van der Waals surface area contributed by atoms with Gasteiger partial charge in [-0.2, -0.15) is 11.8 Å². The van der Waals surface area contributed by atoms with E-state index < -0.39 is 11.5 Å². The Labute approximate surface area is 124 Å². The molecule has 0 spiro atoms. The molecular weight excluding hydrogens is 276 g/mol. The van der Waals surface area contributed by atoms with Crippen LogP contribution in [-0.4, -0.2) is 52.1 Å². The van der Waals surface area contributed by atoms with E-state index >= 15 is 0 Å². The predicted molar refractivity (Wildman–Crippen MR) is 80.0 cm³/mol. The summed E-state index contributed by atoms with van der Waals surface area (Å²) in [6.45, 7) is 3.50. The highest BCUT2D eigenvalue weighted by molar-refractivity contribution is 7.99. The molecule has 5 nitrogen and oxygen atoms in total. The molecule has 114 valence electrons. The summed E-state index contributed by atoms with van der Waals surface area (Å²) in [4.78, 5) is 25.8. The molecule has 1 saturated heterocycles. The fourth-order valence-corrected chi connectivity index (χ4v) is 4.03. The average Bonchev–Trinajstić information content (AvgIpc) is 2.67. The molecule has 0 aromatic heterocycles. The summed E-state index contributed by atoms with van der Waals surface area (Å²) < 4.78 is 0. The third kappa shape index (κ3) is 3.59. The third-order valence-electron chi connectivity index (χ3n) is 4.26. The van der Waals surface area contributed by atoms with E-state index in [1.807, 2.05) is 11.8 Å². The molecule has 2 unspecified atom stereocenters. The average molecular weight is 300 g/mol. The van der Waals surface area contributed by atoms with Crippen molar-refractivity contribution in [2.45, 2.75) is 44.6 Å². The Morgan fingerprint density at radius 3 is 2.80 bits per heavy atom. The molecule has 0 aromatic rings. The maximum absolute atomic E-state index is 12.4. The molecule has 0 bridgehead atoms. The molecule has 1 heterocycles. The lowest BCUT2D eigenvalue weighted by Gasteiger charge is -2.38. The van der Waals surface area contributed by atoms with Crippen molar-refractivity contribution in [3.05, 3.63) is 0 Å². The zero-order valence-electron chi connectivity index (χ0n) is 12.1. The summed E-state index contributed by atoms with van der Waals surface area (Å²) in [6, 6.07) is -0.205. The molecule has 6 heteroatoms. The van der Waals surface area contributed by atoms with E-state index in [1.54, 1.807) is 4.90 Å². The smallest absolute Gasteiger partial charge is 0.329 e. The molecule has 2 N–H and O–H groups in total. The van der Waals surface area contributed by atoms with Crippen LogP contribution in [0, 0.1) is 5.92 Å². The van der Waals surface area contributed by atoms with Crippen molar-refractivity contribution in [1.82, 2.24) is 10.2 Å². The highest BCUT2D eigenvalue weighted by Crippen LogP contribution is 2.32. The largest absolute Gasteiger partial charge is 0.480 e. The van der Waals surface area contributed by atoms with Gasteiger partial charge in [-0.05, 0) is 30.9 Å². The number of hydrogen-bond acceptors (Lipinski definition) is 3. The molecule has 2 aliphatic rings. The Morgan fingerprint density at radius 1 is 1.30 bits per heavy atom. The first-order valence-corrected chi connectivity index (χ1v) is 8.57. The molecule has 0 radical (unpaired) electrons. The number of aliphatic carboxylic acids is 1. The van der Waals surface area contributed by atoms with Gasteiger partial charge in [0.05, 0.1) is 0 Å². The summed E-state index contributed by atoms with van der Waals surface area (Å²) in [5, 5.41) is 12.4. The van der Waals surface area contributed by atoms with Gasteiger partial charge in [0.15, 0.2) is 0 Å². The van der Waals surface area contributed by atoms with Crippen LogP contribution in [0.1, 0.15) is 39.0 Å². The van der Waals surface area contributed by atoms with Crippen molar-refractivity contribution in [2.75, 3.05) is 24.6 Å². The van der Waals surface area contributed by atoms with Crippen molar-refractivity contribution in [3.8, 4) is 0 Å². The molecule has 1 saturated carbocycles. The van der Waals surface area contributed by atoms with Crippen LogP contribution in [0.2, 0.25) is 0 Å². The second-order valence-electron chi connectivity index (χ2n) is 5.97. The van der Waals surface area contributed by atoms with Crippen molar-refractivity contribution in [1.29, 1.82) is 0 Å². The van der Waals surface area contributed by atoms with Gasteiger partial charge in [0.25, 0.3) is 0 Å². The fraction of sp³-hybridized carbons (Fsp3) is 0.857. The topological polar surface area (TPSA) is 69.6 Å². The first-order chi connectivity index (χ1) is 9.53. The molecule has 20 heavy (non-hydrogen) atoms. The number of nitrogens with one attached hydrogen (secondary N) is 1. The lowest BCUT2D eigenvalue weighted by atomic mass is 9.76. The van der Waals surface area contributed by atoms with Crippen molar-refractivity contribution < 1.29 is 14.7 Å². The van der Waals surface area contributed by atoms with Gasteiger partial charge in [0.1, 0.15) is 5.54 Å². The van der Waals surface area contributed by atoms with Gasteiger partial charge in [-0.25, -0.2) is 9.59 Å². The monoisotopic (exact) mass is 300 g/mol. The molecule has 0 aromatic carbocycles. The maximum atomic E-state index is 12.4. The minimum atomic E-state index is -1.06. The van der Waals surface area contributed by atoms with Crippen LogP contribution in [0.25, 0.3) is 0 Å². The lowest BCUT2D eigenvalue weighted by molar-refractivity contribution is -0.146. The Kier molecular flexibility index (Phi) is 5.18. The first-order valence-electron chi connectivity index (χ1n) is 7.42. The lowest BCUT2D eigenvalue weighted by Crippen LogP contribution is -2.59. The predicted octanol–water partition coefficient (Wildman–Crippen LogP) is 2.17. The third-order valence-corrected chi connectivity index (χ3v) is 5.31. The second-order valence-corrected chi connectivity index (χ2v) is 7.20. The standard InChI is InChI=1S/C14H24N2O3S/c1-11-4-2-5-14(10-11,12(17)18)15-13(19)16-6-3-8-20-9-7-16/h11H,2-10H2,1H3,(H,15,19)(H,17,18). The second kappa shape index (κ2) is 6.70. The number of carbonyl (C=O) groups excluding carboxylic acids is 1. The van der Waals surface area contributed by atoms with E-state index in [9.17, 15) is 14.7 Å². The number of carboxylic acids is 1. The molecular formula is C14H24N2O3S. The molecule has 2 fully saturated rings. The number of carbonyl (C=O) groups is 2. The molecule has 2 amide bonds. The minimum Gasteiger partial charge on any atom is -0.480 e. The summed E-state index contributed by atoms with van der Waals surface area (Å²) in [7, 11) is 0. The first kappa shape index (κ1) is 15.5. The molecule has 1 aliphatic carbocycles. The van der Waals surface area contributed by atoms with Gasteiger partial charge < -0.3 is 15.3 Å². The zero-order chi connectivity index (χ0) is 14.6. The van der Waals surface area contributed by atoms with Gasteiger partial charge in [-0.15, -0.1) is 0 Å². The highest BCUT2D eigenvalue weighted by atomic mass is 32.2. The van der Waals surface area contributed by atoms with Crippen LogP contribution in [-0.2, 0) is 4.79 Å². The van der Waals surface area contributed by atoms with Crippen molar-refractivity contribution in [3.63, 3.8) is 0 Å². The van der Waals surface area contributed by atoms with Gasteiger partial charge >= 0.3 is 12.0 Å². The number of carboxylic acid groups (broad SMARTS) is 1. The van der Waals surface area contributed by atoms with Crippen LogP contribution in [0.3, 0.4) is 0 Å². The number of hydrogen-bond donors (Lipinski definition) is 2. The molecule has 2 atom stereocenters. The number of rotatable bonds is 2. The van der Waals surface area contributed by atoms with E-state index in [1.165, 1.54) is 0 Å².